The minimum atomic E-state index is -3.84. The highest BCUT2D eigenvalue weighted by atomic mass is 35.5. The van der Waals surface area contributed by atoms with E-state index in [1.54, 1.807) is 37.3 Å². The van der Waals surface area contributed by atoms with Crippen LogP contribution >= 0.6 is 23.2 Å². The van der Waals surface area contributed by atoms with Gasteiger partial charge in [0.15, 0.2) is 0 Å². The van der Waals surface area contributed by atoms with E-state index in [9.17, 15) is 8.42 Å². The lowest BCUT2D eigenvalue weighted by Gasteiger charge is -2.16. The molecule has 0 bridgehead atoms. The van der Waals surface area contributed by atoms with Crippen LogP contribution in [0.15, 0.2) is 47.4 Å². The van der Waals surface area contributed by atoms with E-state index in [2.05, 4.69) is 4.72 Å². The normalized spacial score (nSPS) is 13.1. The standard InChI is InChI=1S/C14H14Cl2N2O2S/c1-9(10-4-2-5-11(17)8-10)18-21(19,20)14-12(15)6-3-7-13(14)16/h2-9,18H,17H2,1H3. The highest BCUT2D eigenvalue weighted by Crippen LogP contribution is 2.30. The van der Waals surface area contributed by atoms with Crippen LogP contribution in [0.5, 0.6) is 0 Å². The number of rotatable bonds is 4. The van der Waals surface area contributed by atoms with Crippen LogP contribution in [0.2, 0.25) is 10.0 Å². The number of hydrogen-bond acceptors (Lipinski definition) is 3. The monoisotopic (exact) mass is 344 g/mol. The summed E-state index contributed by atoms with van der Waals surface area (Å²) in [6.45, 7) is 1.72. The lowest BCUT2D eigenvalue weighted by atomic mass is 10.1. The minimum Gasteiger partial charge on any atom is -0.399 e. The van der Waals surface area contributed by atoms with Gasteiger partial charge in [0.05, 0.1) is 10.0 Å². The molecule has 0 spiro atoms. The van der Waals surface area contributed by atoms with Crippen molar-refractivity contribution in [1.82, 2.24) is 4.72 Å². The molecule has 0 heterocycles. The molecule has 1 atom stereocenters. The summed E-state index contributed by atoms with van der Waals surface area (Å²) in [5.41, 5.74) is 7.02. The third kappa shape index (κ3) is 3.68. The van der Waals surface area contributed by atoms with Crippen molar-refractivity contribution in [1.29, 1.82) is 0 Å². The highest BCUT2D eigenvalue weighted by molar-refractivity contribution is 7.89. The fourth-order valence-electron chi connectivity index (χ4n) is 1.93. The predicted octanol–water partition coefficient (Wildman–Crippen LogP) is 3.62. The zero-order chi connectivity index (χ0) is 15.6. The first-order chi connectivity index (χ1) is 9.81. The Morgan fingerprint density at radius 3 is 2.24 bits per heavy atom. The fraction of sp³-hybridized carbons (Fsp3) is 0.143. The number of anilines is 1. The maximum absolute atomic E-state index is 12.4. The molecule has 21 heavy (non-hydrogen) atoms. The summed E-state index contributed by atoms with van der Waals surface area (Å²) in [5, 5.41) is 0.157. The van der Waals surface area contributed by atoms with Gasteiger partial charge >= 0.3 is 0 Å². The molecule has 4 nitrogen and oxygen atoms in total. The smallest absolute Gasteiger partial charge is 0.244 e. The van der Waals surface area contributed by atoms with Crippen molar-refractivity contribution in [2.75, 3.05) is 5.73 Å². The van der Waals surface area contributed by atoms with Gasteiger partial charge in [0.1, 0.15) is 4.90 Å². The lowest BCUT2D eigenvalue weighted by Crippen LogP contribution is -2.27. The van der Waals surface area contributed by atoms with Gasteiger partial charge in [0.2, 0.25) is 10.0 Å². The fourth-order valence-corrected chi connectivity index (χ4v) is 4.30. The van der Waals surface area contributed by atoms with E-state index < -0.39 is 16.1 Å². The predicted molar refractivity (Wildman–Crippen MR) is 86.1 cm³/mol. The van der Waals surface area contributed by atoms with Gasteiger partial charge in [-0.15, -0.1) is 0 Å². The van der Waals surface area contributed by atoms with Crippen molar-refractivity contribution in [3.05, 3.63) is 58.1 Å². The summed E-state index contributed by atoms with van der Waals surface area (Å²) < 4.78 is 27.4. The molecule has 0 fully saturated rings. The third-order valence-electron chi connectivity index (χ3n) is 2.93. The van der Waals surface area contributed by atoms with Crippen molar-refractivity contribution in [2.45, 2.75) is 17.9 Å². The van der Waals surface area contributed by atoms with E-state index in [1.165, 1.54) is 12.1 Å². The largest absolute Gasteiger partial charge is 0.399 e. The summed E-state index contributed by atoms with van der Waals surface area (Å²) in [4.78, 5) is -0.121. The maximum Gasteiger partial charge on any atom is 0.244 e. The SMILES string of the molecule is CC(NS(=O)(=O)c1c(Cl)cccc1Cl)c1cccc(N)c1. The Kier molecular flexibility index (Phi) is 4.78. The zero-order valence-electron chi connectivity index (χ0n) is 11.2. The highest BCUT2D eigenvalue weighted by Gasteiger charge is 2.24. The Morgan fingerprint density at radius 1 is 1.10 bits per heavy atom. The summed E-state index contributed by atoms with van der Waals surface area (Å²) in [6, 6.07) is 11.1. The van der Waals surface area contributed by atoms with Crippen LogP contribution in [0, 0.1) is 0 Å². The van der Waals surface area contributed by atoms with E-state index in [0.717, 1.165) is 5.56 Å². The number of halogens is 2. The molecule has 0 aliphatic carbocycles. The number of sulfonamides is 1. The van der Waals surface area contributed by atoms with Crippen LogP contribution in [0.25, 0.3) is 0 Å². The molecule has 0 radical (unpaired) electrons. The Hall–Kier alpha value is -1.27. The number of hydrogen-bond donors (Lipinski definition) is 2. The summed E-state index contributed by atoms with van der Waals surface area (Å²) >= 11 is 11.9. The van der Waals surface area contributed by atoms with Crippen molar-refractivity contribution < 1.29 is 8.42 Å². The Labute approximate surface area is 133 Å². The average Bonchev–Trinajstić information content (AvgIpc) is 2.37. The molecule has 3 N–H and O–H groups in total. The lowest BCUT2D eigenvalue weighted by molar-refractivity contribution is 0.567. The second-order valence-electron chi connectivity index (χ2n) is 4.56. The zero-order valence-corrected chi connectivity index (χ0v) is 13.5. The minimum absolute atomic E-state index is 0.0785. The van der Waals surface area contributed by atoms with Crippen LogP contribution in [0.3, 0.4) is 0 Å². The van der Waals surface area contributed by atoms with Crippen LogP contribution in [0.4, 0.5) is 5.69 Å². The molecular weight excluding hydrogens is 331 g/mol. The molecule has 0 aliphatic rings. The molecule has 112 valence electrons. The molecule has 7 heteroatoms. The molecule has 1 unspecified atom stereocenters. The molecule has 2 rings (SSSR count). The van der Waals surface area contributed by atoms with E-state index in [1.807, 2.05) is 0 Å². The second kappa shape index (κ2) is 6.23. The van der Waals surface area contributed by atoms with Gasteiger partial charge < -0.3 is 5.73 Å². The van der Waals surface area contributed by atoms with Crippen LogP contribution in [-0.2, 0) is 10.0 Å². The molecule has 2 aromatic rings. The topological polar surface area (TPSA) is 72.2 Å². The first-order valence-corrected chi connectivity index (χ1v) is 8.37. The number of nitrogens with one attached hydrogen (secondary N) is 1. The summed E-state index contributed by atoms with van der Waals surface area (Å²) in [7, 11) is -3.84. The van der Waals surface area contributed by atoms with E-state index in [4.69, 9.17) is 28.9 Å². The van der Waals surface area contributed by atoms with Gasteiger partial charge in [-0.2, -0.15) is 0 Å². The number of benzene rings is 2. The Morgan fingerprint density at radius 2 is 1.67 bits per heavy atom. The maximum atomic E-state index is 12.4. The van der Waals surface area contributed by atoms with Gasteiger partial charge in [-0.05, 0) is 36.8 Å². The average molecular weight is 345 g/mol. The van der Waals surface area contributed by atoms with Crippen LogP contribution < -0.4 is 10.5 Å². The second-order valence-corrected chi connectivity index (χ2v) is 7.03. The molecule has 0 saturated heterocycles. The number of nitrogens with two attached hydrogens (primary N) is 1. The molecule has 2 aromatic carbocycles. The van der Waals surface area contributed by atoms with Gasteiger partial charge in [0.25, 0.3) is 0 Å². The van der Waals surface area contributed by atoms with Gasteiger partial charge in [0, 0.05) is 11.7 Å². The quantitative estimate of drug-likeness (QED) is 0.832. The van der Waals surface area contributed by atoms with Crippen molar-refractivity contribution in [2.24, 2.45) is 0 Å². The Balaban J connectivity index is 2.34. The van der Waals surface area contributed by atoms with Crippen molar-refractivity contribution >= 4 is 38.9 Å². The van der Waals surface area contributed by atoms with Gasteiger partial charge in [-0.1, -0.05) is 41.4 Å². The van der Waals surface area contributed by atoms with E-state index >= 15 is 0 Å². The Bertz CT molecular complexity index is 743. The molecule has 0 aromatic heterocycles. The molecule has 0 aliphatic heterocycles. The van der Waals surface area contributed by atoms with Gasteiger partial charge in [-0.3, -0.25) is 0 Å². The molecule has 0 saturated carbocycles. The van der Waals surface area contributed by atoms with Crippen LogP contribution in [0.1, 0.15) is 18.5 Å². The van der Waals surface area contributed by atoms with Crippen LogP contribution in [-0.4, -0.2) is 8.42 Å². The van der Waals surface area contributed by atoms with E-state index in [-0.39, 0.29) is 14.9 Å². The van der Waals surface area contributed by atoms with Gasteiger partial charge in [-0.25, -0.2) is 13.1 Å². The molecule has 0 amide bonds. The summed E-state index contributed by atoms with van der Waals surface area (Å²) in [5.74, 6) is 0. The first-order valence-electron chi connectivity index (χ1n) is 6.13. The van der Waals surface area contributed by atoms with Crippen molar-refractivity contribution in [3.63, 3.8) is 0 Å². The molecular formula is C14H14Cl2N2O2S. The first kappa shape index (κ1) is 16.1. The number of nitrogen functional groups attached to an aromatic ring is 1. The third-order valence-corrected chi connectivity index (χ3v) is 5.43. The van der Waals surface area contributed by atoms with Crippen molar-refractivity contribution in [3.8, 4) is 0 Å². The van der Waals surface area contributed by atoms with E-state index in [0.29, 0.717) is 5.69 Å². The summed E-state index contributed by atoms with van der Waals surface area (Å²) in [6.07, 6.45) is 0.